The van der Waals surface area contributed by atoms with Crippen molar-refractivity contribution in [3.63, 3.8) is 0 Å². The zero-order valence-corrected chi connectivity index (χ0v) is 10.3. The molecular formula is C13H15NO2S. The van der Waals surface area contributed by atoms with E-state index in [0.717, 1.165) is 11.3 Å². The number of hydrogen-bond acceptors (Lipinski definition) is 4. The Morgan fingerprint density at radius 3 is 2.82 bits per heavy atom. The van der Waals surface area contributed by atoms with Crippen molar-refractivity contribution in [1.82, 2.24) is 4.98 Å². The Hall–Kier alpha value is -1.23. The second-order valence-electron chi connectivity index (χ2n) is 3.76. The Kier molecular flexibility index (Phi) is 4.67. The fourth-order valence-corrected chi connectivity index (χ4v) is 2.09. The number of nitrogens with zero attached hydrogens (tertiary/aromatic N) is 1. The fourth-order valence-electron chi connectivity index (χ4n) is 1.49. The van der Waals surface area contributed by atoms with Crippen molar-refractivity contribution in [3.8, 4) is 0 Å². The number of aromatic nitrogens is 1. The summed E-state index contributed by atoms with van der Waals surface area (Å²) in [5, 5.41) is 11.6. The van der Waals surface area contributed by atoms with E-state index >= 15 is 0 Å². The Morgan fingerprint density at radius 1 is 1.29 bits per heavy atom. The first-order chi connectivity index (χ1) is 8.36. The van der Waals surface area contributed by atoms with Gasteiger partial charge < -0.3 is 9.84 Å². The van der Waals surface area contributed by atoms with Crippen molar-refractivity contribution < 1.29 is 9.84 Å². The molecule has 1 N–H and O–H groups in total. The van der Waals surface area contributed by atoms with Crippen molar-refractivity contribution in [2.24, 2.45) is 0 Å². The van der Waals surface area contributed by atoms with Crippen molar-refractivity contribution in [3.05, 3.63) is 52.5 Å². The third-order valence-corrected chi connectivity index (χ3v) is 3.04. The first kappa shape index (κ1) is 12.2. The number of hydrogen-bond donors (Lipinski definition) is 1. The monoisotopic (exact) mass is 249 g/mol. The molecule has 0 saturated carbocycles. The summed E-state index contributed by atoms with van der Waals surface area (Å²) in [5.74, 6) is 0. The normalized spacial score (nSPS) is 12.5. The summed E-state index contributed by atoms with van der Waals surface area (Å²) in [6, 6.07) is 10.0. The van der Waals surface area contributed by atoms with Gasteiger partial charge in [0.2, 0.25) is 0 Å². The lowest BCUT2D eigenvalue weighted by atomic mass is 10.2. The first-order valence-corrected chi connectivity index (χ1v) is 6.48. The van der Waals surface area contributed by atoms with Crippen molar-refractivity contribution in [2.45, 2.75) is 19.1 Å². The van der Waals surface area contributed by atoms with E-state index in [-0.39, 0.29) is 0 Å². The molecule has 17 heavy (non-hydrogen) atoms. The molecule has 0 saturated heterocycles. The molecule has 0 spiro atoms. The molecule has 0 radical (unpaired) electrons. The number of thiazole rings is 1. The van der Waals surface area contributed by atoms with E-state index in [0.29, 0.717) is 19.6 Å². The van der Waals surface area contributed by atoms with E-state index in [1.165, 1.54) is 11.3 Å². The first-order valence-electron chi connectivity index (χ1n) is 5.54. The maximum atomic E-state index is 9.77. The molecule has 0 aliphatic heterocycles. The van der Waals surface area contributed by atoms with Gasteiger partial charge in [0.1, 0.15) is 0 Å². The zero-order valence-electron chi connectivity index (χ0n) is 9.45. The average molecular weight is 249 g/mol. The van der Waals surface area contributed by atoms with Gasteiger partial charge in [-0.05, 0) is 5.56 Å². The van der Waals surface area contributed by atoms with E-state index in [2.05, 4.69) is 4.98 Å². The Bertz CT molecular complexity index is 416. The minimum absolute atomic E-state index is 0.517. The lowest BCUT2D eigenvalue weighted by Crippen LogP contribution is -2.03. The topological polar surface area (TPSA) is 42.4 Å². The zero-order chi connectivity index (χ0) is 11.9. The quantitative estimate of drug-likeness (QED) is 0.800. The highest BCUT2D eigenvalue weighted by Gasteiger charge is 2.08. The molecule has 2 rings (SSSR count). The molecule has 0 fully saturated rings. The van der Waals surface area contributed by atoms with E-state index in [1.54, 1.807) is 5.51 Å². The van der Waals surface area contributed by atoms with Gasteiger partial charge in [-0.2, -0.15) is 0 Å². The van der Waals surface area contributed by atoms with Gasteiger partial charge in [-0.15, -0.1) is 11.3 Å². The van der Waals surface area contributed by atoms with Gasteiger partial charge in [0.05, 0.1) is 23.9 Å². The molecule has 1 heterocycles. The van der Waals surface area contributed by atoms with Crippen LogP contribution in [0.5, 0.6) is 0 Å². The molecule has 0 aliphatic carbocycles. The van der Waals surface area contributed by atoms with Crippen LogP contribution in [0.2, 0.25) is 0 Å². The SMILES string of the molecule is OC(CCOCc1ccccc1)c1cscn1. The lowest BCUT2D eigenvalue weighted by molar-refractivity contribution is 0.0719. The number of ether oxygens (including phenoxy) is 1. The Labute approximate surface area is 105 Å². The smallest absolute Gasteiger partial charge is 0.0990 e. The van der Waals surface area contributed by atoms with Gasteiger partial charge >= 0.3 is 0 Å². The largest absolute Gasteiger partial charge is 0.387 e. The van der Waals surface area contributed by atoms with E-state index in [1.807, 2.05) is 35.7 Å². The second kappa shape index (κ2) is 6.49. The maximum Gasteiger partial charge on any atom is 0.0990 e. The summed E-state index contributed by atoms with van der Waals surface area (Å²) >= 11 is 1.49. The van der Waals surface area contributed by atoms with Crippen LogP contribution in [-0.2, 0) is 11.3 Å². The van der Waals surface area contributed by atoms with E-state index < -0.39 is 6.10 Å². The molecule has 4 heteroatoms. The third kappa shape index (κ3) is 3.93. The van der Waals surface area contributed by atoms with Crippen LogP contribution in [0.15, 0.2) is 41.2 Å². The summed E-state index contributed by atoms with van der Waals surface area (Å²) in [5.41, 5.74) is 3.61. The van der Waals surface area contributed by atoms with Crippen molar-refractivity contribution >= 4 is 11.3 Å². The Morgan fingerprint density at radius 2 is 2.12 bits per heavy atom. The molecule has 2 aromatic rings. The molecule has 1 unspecified atom stereocenters. The van der Waals surface area contributed by atoms with Crippen LogP contribution >= 0.6 is 11.3 Å². The summed E-state index contributed by atoms with van der Waals surface area (Å²) < 4.78 is 5.50. The molecule has 0 amide bonds. The minimum Gasteiger partial charge on any atom is -0.387 e. The molecule has 0 aliphatic rings. The number of aliphatic hydroxyl groups excluding tert-OH is 1. The van der Waals surface area contributed by atoms with Crippen LogP contribution in [0, 0.1) is 0 Å². The van der Waals surface area contributed by atoms with Crippen LogP contribution in [0.1, 0.15) is 23.8 Å². The van der Waals surface area contributed by atoms with Gasteiger partial charge in [-0.3, -0.25) is 0 Å². The summed E-state index contributed by atoms with van der Waals surface area (Å²) in [4.78, 5) is 4.07. The highest BCUT2D eigenvalue weighted by molar-refractivity contribution is 7.07. The number of aliphatic hydroxyl groups is 1. The van der Waals surface area contributed by atoms with E-state index in [9.17, 15) is 5.11 Å². The van der Waals surface area contributed by atoms with Crippen LogP contribution in [0.4, 0.5) is 0 Å². The minimum atomic E-state index is -0.517. The maximum absolute atomic E-state index is 9.77. The predicted molar refractivity (Wildman–Crippen MR) is 67.8 cm³/mol. The van der Waals surface area contributed by atoms with Crippen molar-refractivity contribution in [1.29, 1.82) is 0 Å². The van der Waals surface area contributed by atoms with Gasteiger partial charge in [0, 0.05) is 18.4 Å². The number of benzene rings is 1. The molecule has 1 atom stereocenters. The fraction of sp³-hybridized carbons (Fsp3) is 0.308. The van der Waals surface area contributed by atoms with Crippen molar-refractivity contribution in [2.75, 3.05) is 6.61 Å². The van der Waals surface area contributed by atoms with Gasteiger partial charge in [0.25, 0.3) is 0 Å². The average Bonchev–Trinajstić information content (AvgIpc) is 2.89. The second-order valence-corrected chi connectivity index (χ2v) is 4.47. The third-order valence-electron chi connectivity index (χ3n) is 2.44. The summed E-state index contributed by atoms with van der Waals surface area (Å²) in [6.45, 7) is 1.12. The molecular weight excluding hydrogens is 234 g/mol. The molecule has 3 nitrogen and oxygen atoms in total. The highest BCUT2D eigenvalue weighted by atomic mass is 32.1. The van der Waals surface area contributed by atoms with Gasteiger partial charge in [-0.1, -0.05) is 30.3 Å². The summed E-state index contributed by atoms with van der Waals surface area (Å²) in [6.07, 6.45) is 0.0633. The summed E-state index contributed by atoms with van der Waals surface area (Å²) in [7, 11) is 0. The van der Waals surface area contributed by atoms with Crippen LogP contribution < -0.4 is 0 Å². The lowest BCUT2D eigenvalue weighted by Gasteiger charge is -2.08. The molecule has 1 aromatic heterocycles. The number of rotatable bonds is 6. The van der Waals surface area contributed by atoms with Crippen LogP contribution in [0.25, 0.3) is 0 Å². The molecule has 90 valence electrons. The van der Waals surface area contributed by atoms with Gasteiger partial charge in [0.15, 0.2) is 0 Å². The van der Waals surface area contributed by atoms with Crippen LogP contribution in [0.3, 0.4) is 0 Å². The highest BCUT2D eigenvalue weighted by Crippen LogP contribution is 2.16. The molecule has 1 aromatic carbocycles. The predicted octanol–water partition coefficient (Wildman–Crippen LogP) is 2.78. The standard InChI is InChI=1S/C13H15NO2S/c15-13(12-9-17-10-14-12)6-7-16-8-11-4-2-1-3-5-11/h1-5,9-10,13,15H,6-8H2. The van der Waals surface area contributed by atoms with Gasteiger partial charge in [-0.25, -0.2) is 4.98 Å². The molecule has 0 bridgehead atoms. The van der Waals surface area contributed by atoms with Crippen LogP contribution in [-0.4, -0.2) is 16.7 Å². The Balaban J connectivity index is 1.67. The van der Waals surface area contributed by atoms with E-state index in [4.69, 9.17) is 4.74 Å².